The highest BCUT2D eigenvalue weighted by molar-refractivity contribution is 7.10. The lowest BCUT2D eigenvalue weighted by atomic mass is 10.2. The summed E-state index contributed by atoms with van der Waals surface area (Å²) in [4.78, 5) is 24.5. The highest BCUT2D eigenvalue weighted by Gasteiger charge is 2.20. The van der Waals surface area contributed by atoms with E-state index in [2.05, 4.69) is 5.32 Å². The number of para-hydroxylation sites is 1. The Kier molecular flexibility index (Phi) is 3.45. The van der Waals surface area contributed by atoms with Gasteiger partial charge in [-0.15, -0.1) is 11.3 Å². The number of primary amides is 1. The van der Waals surface area contributed by atoms with Crippen LogP contribution in [0.5, 0.6) is 0 Å². The minimum absolute atomic E-state index is 0.0317. The Morgan fingerprint density at radius 2 is 2.00 bits per heavy atom. The first-order valence-corrected chi connectivity index (χ1v) is 7.16. The number of anilines is 1. The zero-order valence-corrected chi connectivity index (χ0v) is 11.8. The third-order valence-corrected chi connectivity index (χ3v) is 3.87. The van der Waals surface area contributed by atoms with Crippen LogP contribution in [0.15, 0.2) is 46.2 Å². The Morgan fingerprint density at radius 1 is 1.19 bits per heavy atom. The summed E-state index contributed by atoms with van der Waals surface area (Å²) in [6, 6.07) is 10.8. The first-order valence-electron chi connectivity index (χ1n) is 6.28. The number of hydrogen-bond acceptors (Lipinski definition) is 4. The summed E-state index contributed by atoms with van der Waals surface area (Å²) in [6.45, 7) is 0. The fraction of sp³-hybridized carbons (Fsp3) is 0.0667. The lowest BCUT2D eigenvalue weighted by Crippen LogP contribution is -2.18. The van der Waals surface area contributed by atoms with Gasteiger partial charge >= 0.3 is 0 Å². The molecule has 0 saturated heterocycles. The molecule has 5 nitrogen and oxygen atoms in total. The minimum atomic E-state index is -0.711. The molecule has 0 unspecified atom stereocenters. The molecule has 0 aliphatic carbocycles. The van der Waals surface area contributed by atoms with Gasteiger partial charge in [0.1, 0.15) is 11.3 Å². The highest BCUT2D eigenvalue weighted by atomic mass is 32.1. The van der Waals surface area contributed by atoms with Gasteiger partial charge in [-0.1, -0.05) is 18.2 Å². The number of nitrogens with one attached hydrogen (secondary N) is 1. The first-order chi connectivity index (χ1) is 10.1. The van der Waals surface area contributed by atoms with Crippen LogP contribution in [-0.2, 0) is 11.2 Å². The number of hydrogen-bond donors (Lipinski definition) is 2. The molecule has 3 N–H and O–H groups in total. The molecule has 0 aliphatic rings. The van der Waals surface area contributed by atoms with Crippen molar-refractivity contribution in [2.75, 3.05) is 5.32 Å². The Bertz CT molecular complexity index is 806. The number of fused-ring (bicyclic) bond motifs is 1. The summed E-state index contributed by atoms with van der Waals surface area (Å²) in [5.41, 5.74) is 6.15. The van der Waals surface area contributed by atoms with Crippen LogP contribution in [0.3, 0.4) is 0 Å². The number of furan rings is 1. The number of amides is 2. The molecule has 2 amide bonds. The van der Waals surface area contributed by atoms with Gasteiger partial charge in [-0.2, -0.15) is 0 Å². The van der Waals surface area contributed by atoms with Crippen LogP contribution in [0, 0.1) is 0 Å². The molecule has 21 heavy (non-hydrogen) atoms. The van der Waals surface area contributed by atoms with Crippen molar-refractivity contribution in [3.63, 3.8) is 0 Å². The van der Waals surface area contributed by atoms with Crippen LogP contribution in [0.1, 0.15) is 15.4 Å². The number of rotatable bonds is 4. The molecule has 0 bridgehead atoms. The van der Waals surface area contributed by atoms with Crippen LogP contribution in [0.4, 0.5) is 5.69 Å². The van der Waals surface area contributed by atoms with Gasteiger partial charge < -0.3 is 15.5 Å². The van der Waals surface area contributed by atoms with Crippen molar-refractivity contribution in [2.24, 2.45) is 5.73 Å². The molecule has 0 saturated carbocycles. The summed E-state index contributed by atoms with van der Waals surface area (Å²) in [5.74, 6) is -0.958. The van der Waals surface area contributed by atoms with Gasteiger partial charge in [0.15, 0.2) is 0 Å². The zero-order valence-electron chi connectivity index (χ0n) is 11.0. The van der Waals surface area contributed by atoms with Crippen molar-refractivity contribution in [1.82, 2.24) is 0 Å². The molecule has 2 aromatic heterocycles. The van der Waals surface area contributed by atoms with E-state index < -0.39 is 5.91 Å². The van der Waals surface area contributed by atoms with E-state index in [4.69, 9.17) is 10.2 Å². The number of benzene rings is 1. The second-order valence-electron chi connectivity index (χ2n) is 4.47. The van der Waals surface area contributed by atoms with Gasteiger partial charge in [-0.25, -0.2) is 0 Å². The number of nitrogens with two attached hydrogens (primary N) is 1. The van der Waals surface area contributed by atoms with E-state index >= 15 is 0 Å². The molecule has 0 spiro atoms. The van der Waals surface area contributed by atoms with Crippen molar-refractivity contribution in [3.05, 3.63) is 52.4 Å². The van der Waals surface area contributed by atoms with Crippen molar-refractivity contribution in [3.8, 4) is 0 Å². The van der Waals surface area contributed by atoms with Gasteiger partial charge in [0, 0.05) is 10.3 Å². The van der Waals surface area contributed by atoms with E-state index in [0.717, 1.165) is 4.88 Å². The molecule has 106 valence electrons. The van der Waals surface area contributed by atoms with Crippen molar-refractivity contribution < 1.29 is 14.0 Å². The predicted molar refractivity (Wildman–Crippen MR) is 81.4 cm³/mol. The van der Waals surface area contributed by atoms with E-state index in [0.29, 0.717) is 16.7 Å². The topological polar surface area (TPSA) is 85.3 Å². The first kappa shape index (κ1) is 13.4. The van der Waals surface area contributed by atoms with E-state index in [1.54, 1.807) is 24.3 Å². The summed E-state index contributed by atoms with van der Waals surface area (Å²) < 4.78 is 5.41. The van der Waals surface area contributed by atoms with Crippen LogP contribution >= 0.6 is 11.3 Å². The van der Waals surface area contributed by atoms with Crippen LogP contribution in [0.2, 0.25) is 0 Å². The van der Waals surface area contributed by atoms with Gasteiger partial charge in [0.2, 0.25) is 11.7 Å². The summed E-state index contributed by atoms with van der Waals surface area (Å²) in [5, 5.41) is 5.29. The number of thiophene rings is 1. The molecule has 6 heteroatoms. The quantitative estimate of drug-likeness (QED) is 0.777. The molecule has 2 heterocycles. The van der Waals surface area contributed by atoms with E-state index in [1.165, 1.54) is 11.3 Å². The average molecular weight is 300 g/mol. The summed E-state index contributed by atoms with van der Waals surface area (Å²) in [6.07, 6.45) is 0.245. The van der Waals surface area contributed by atoms with Gasteiger partial charge in [0.05, 0.1) is 6.42 Å². The molecule has 0 radical (unpaired) electrons. The normalized spacial score (nSPS) is 10.7. The molecule has 3 rings (SSSR count). The molecular weight excluding hydrogens is 288 g/mol. The molecule has 1 aromatic carbocycles. The Labute approximate surface area is 124 Å². The Balaban J connectivity index is 1.93. The van der Waals surface area contributed by atoms with Gasteiger partial charge in [-0.05, 0) is 23.6 Å². The fourth-order valence-electron chi connectivity index (χ4n) is 2.10. The lowest BCUT2D eigenvalue weighted by Gasteiger charge is -2.03. The smallest absolute Gasteiger partial charge is 0.286 e. The Hall–Kier alpha value is -2.60. The van der Waals surface area contributed by atoms with E-state index in [1.807, 2.05) is 17.5 Å². The SMILES string of the molecule is NC(=O)c1oc2ccccc2c1NC(=O)Cc1cccs1. The zero-order chi connectivity index (χ0) is 14.8. The standard InChI is InChI=1S/C15H12N2O3S/c16-15(19)14-13(10-5-1-2-6-11(10)20-14)17-12(18)8-9-4-3-7-21-9/h1-7H,8H2,(H2,16,19)(H,17,18). The van der Waals surface area contributed by atoms with Crippen LogP contribution < -0.4 is 11.1 Å². The molecule has 3 aromatic rings. The van der Waals surface area contributed by atoms with Gasteiger partial charge in [0.25, 0.3) is 5.91 Å². The minimum Gasteiger partial charge on any atom is -0.449 e. The van der Waals surface area contributed by atoms with Gasteiger partial charge in [-0.3, -0.25) is 9.59 Å². The maximum absolute atomic E-state index is 12.1. The van der Waals surface area contributed by atoms with E-state index in [9.17, 15) is 9.59 Å². The highest BCUT2D eigenvalue weighted by Crippen LogP contribution is 2.30. The van der Waals surface area contributed by atoms with Crippen LogP contribution in [-0.4, -0.2) is 11.8 Å². The predicted octanol–water partition coefficient (Wildman–Crippen LogP) is 2.77. The average Bonchev–Trinajstić information content (AvgIpc) is 3.07. The molecular formula is C15H12N2O3S. The summed E-state index contributed by atoms with van der Waals surface area (Å²) >= 11 is 1.50. The van der Waals surface area contributed by atoms with Crippen molar-refractivity contribution in [2.45, 2.75) is 6.42 Å². The van der Waals surface area contributed by atoms with Crippen molar-refractivity contribution >= 4 is 39.8 Å². The number of carbonyl (C=O) groups excluding carboxylic acids is 2. The monoisotopic (exact) mass is 300 g/mol. The molecule has 0 aliphatic heterocycles. The maximum Gasteiger partial charge on any atom is 0.286 e. The largest absolute Gasteiger partial charge is 0.449 e. The maximum atomic E-state index is 12.1. The second kappa shape index (κ2) is 5.41. The lowest BCUT2D eigenvalue weighted by molar-refractivity contribution is -0.115. The van der Waals surface area contributed by atoms with Crippen LogP contribution in [0.25, 0.3) is 11.0 Å². The third-order valence-electron chi connectivity index (χ3n) is 3.00. The second-order valence-corrected chi connectivity index (χ2v) is 5.50. The van der Waals surface area contributed by atoms with E-state index in [-0.39, 0.29) is 18.1 Å². The molecule has 0 fully saturated rings. The fourth-order valence-corrected chi connectivity index (χ4v) is 2.80. The molecule has 0 atom stereocenters. The third kappa shape index (κ3) is 2.66. The van der Waals surface area contributed by atoms with Crippen molar-refractivity contribution in [1.29, 1.82) is 0 Å². The Morgan fingerprint density at radius 3 is 2.71 bits per heavy atom. The summed E-state index contributed by atoms with van der Waals surface area (Å²) in [7, 11) is 0. The number of carbonyl (C=O) groups is 2.